The summed E-state index contributed by atoms with van der Waals surface area (Å²) in [7, 11) is 0. The highest BCUT2D eigenvalue weighted by molar-refractivity contribution is 6.03. The summed E-state index contributed by atoms with van der Waals surface area (Å²) >= 11 is 0. The number of phenols is 1. The van der Waals surface area contributed by atoms with E-state index in [-0.39, 0.29) is 0 Å². The van der Waals surface area contributed by atoms with Gasteiger partial charge in [0.25, 0.3) is 0 Å². The van der Waals surface area contributed by atoms with Crippen molar-refractivity contribution in [2.75, 3.05) is 0 Å². The summed E-state index contributed by atoms with van der Waals surface area (Å²) in [5.74, 6) is 1.23. The van der Waals surface area contributed by atoms with Gasteiger partial charge in [0.2, 0.25) is 0 Å². The highest BCUT2D eigenvalue weighted by Crippen LogP contribution is 2.45. The molecule has 3 aromatic rings. The quantitative estimate of drug-likeness (QED) is 0.705. The van der Waals surface area contributed by atoms with Crippen LogP contribution in [0.3, 0.4) is 0 Å². The average molecular weight is 302 g/mol. The van der Waals surface area contributed by atoms with E-state index in [1.54, 1.807) is 6.26 Å². The molecule has 1 N–H and O–H groups in total. The van der Waals surface area contributed by atoms with E-state index >= 15 is 0 Å². The number of hydrogen-bond donors (Lipinski definition) is 1. The average Bonchev–Trinajstić information content (AvgIpc) is 2.59. The first kappa shape index (κ1) is 13.9. The zero-order chi connectivity index (χ0) is 16.0. The highest BCUT2D eigenvalue weighted by atomic mass is 16.5. The minimum Gasteiger partial charge on any atom is -0.507 e. The van der Waals surface area contributed by atoms with Gasteiger partial charge in [-0.15, -0.1) is 0 Å². The van der Waals surface area contributed by atoms with Crippen LogP contribution in [0, 0.1) is 6.92 Å². The molecule has 0 bridgehead atoms. The second kappa shape index (κ2) is 5.17. The summed E-state index contributed by atoms with van der Waals surface area (Å²) in [5.41, 5.74) is 5.33. The zero-order valence-electron chi connectivity index (χ0n) is 13.3. The Morgan fingerprint density at radius 3 is 2.52 bits per heavy atom. The lowest BCUT2D eigenvalue weighted by Crippen LogP contribution is -2.03. The van der Waals surface area contributed by atoms with Gasteiger partial charge in [0, 0.05) is 22.8 Å². The minimum absolute atomic E-state index is 0.366. The smallest absolute Gasteiger partial charge is 0.138 e. The molecule has 2 heteroatoms. The lowest BCUT2D eigenvalue weighted by Gasteiger charge is -2.22. The van der Waals surface area contributed by atoms with Crippen LogP contribution in [0.4, 0.5) is 0 Å². The standard InChI is InChI=1S/C21H18O2/c1-13-12-23-21-14(2)18(11-15-7-4-3-5-8-15)20(22)17-10-6-9-16(13)19(17)21/h3-10,12,22H,11H2,1-2H3. The Balaban J connectivity index is 1.98. The van der Waals surface area contributed by atoms with Crippen LogP contribution in [0.5, 0.6) is 11.5 Å². The molecular formula is C21H18O2. The monoisotopic (exact) mass is 302 g/mol. The van der Waals surface area contributed by atoms with Crippen molar-refractivity contribution >= 4 is 16.3 Å². The Kier molecular flexibility index (Phi) is 3.12. The maximum Gasteiger partial charge on any atom is 0.138 e. The number of hydrogen-bond acceptors (Lipinski definition) is 2. The predicted octanol–water partition coefficient (Wildman–Crippen LogP) is 5.20. The van der Waals surface area contributed by atoms with Crippen LogP contribution >= 0.6 is 0 Å². The van der Waals surface area contributed by atoms with E-state index in [2.05, 4.69) is 18.2 Å². The second-order valence-electron chi connectivity index (χ2n) is 6.09. The fourth-order valence-electron chi connectivity index (χ4n) is 3.36. The summed E-state index contributed by atoms with van der Waals surface area (Å²) in [4.78, 5) is 0. The van der Waals surface area contributed by atoms with Gasteiger partial charge in [-0.1, -0.05) is 48.5 Å². The molecule has 0 aliphatic carbocycles. The maximum atomic E-state index is 10.9. The first-order valence-electron chi connectivity index (χ1n) is 7.81. The van der Waals surface area contributed by atoms with Crippen LogP contribution in [-0.4, -0.2) is 5.11 Å². The Hall–Kier alpha value is -2.74. The summed E-state index contributed by atoms with van der Waals surface area (Å²) in [5, 5.41) is 12.7. The number of allylic oxidation sites excluding steroid dienone is 1. The molecule has 0 amide bonds. The number of aromatic hydroxyl groups is 1. The fraction of sp³-hybridized carbons (Fsp3) is 0.143. The third kappa shape index (κ3) is 2.10. The highest BCUT2D eigenvalue weighted by Gasteiger charge is 2.22. The molecule has 4 rings (SSSR count). The van der Waals surface area contributed by atoms with Crippen molar-refractivity contribution in [2.45, 2.75) is 20.3 Å². The minimum atomic E-state index is 0.366. The van der Waals surface area contributed by atoms with E-state index in [1.165, 1.54) is 5.56 Å². The van der Waals surface area contributed by atoms with Crippen LogP contribution in [-0.2, 0) is 6.42 Å². The Morgan fingerprint density at radius 2 is 1.74 bits per heavy atom. The summed E-state index contributed by atoms with van der Waals surface area (Å²) in [6.07, 6.45) is 2.49. The molecule has 1 aliphatic rings. The van der Waals surface area contributed by atoms with Gasteiger partial charge in [0.1, 0.15) is 11.5 Å². The molecule has 2 nitrogen and oxygen atoms in total. The number of benzene rings is 3. The van der Waals surface area contributed by atoms with Gasteiger partial charge >= 0.3 is 0 Å². The summed E-state index contributed by atoms with van der Waals surface area (Å²) in [6, 6.07) is 16.2. The van der Waals surface area contributed by atoms with Crippen LogP contribution < -0.4 is 4.74 Å². The second-order valence-corrected chi connectivity index (χ2v) is 6.09. The van der Waals surface area contributed by atoms with E-state index in [0.29, 0.717) is 12.2 Å². The number of ether oxygens (including phenoxy) is 1. The van der Waals surface area contributed by atoms with Gasteiger partial charge in [0.05, 0.1) is 6.26 Å². The van der Waals surface area contributed by atoms with E-state index in [4.69, 9.17) is 4.74 Å². The summed E-state index contributed by atoms with van der Waals surface area (Å²) in [6.45, 7) is 4.06. The molecule has 0 radical (unpaired) electrons. The molecular weight excluding hydrogens is 284 g/mol. The van der Waals surface area contributed by atoms with Crippen molar-refractivity contribution in [3.8, 4) is 11.5 Å². The van der Waals surface area contributed by atoms with E-state index in [1.807, 2.05) is 44.2 Å². The summed E-state index contributed by atoms with van der Waals surface area (Å²) < 4.78 is 5.90. The van der Waals surface area contributed by atoms with Gasteiger partial charge in [-0.05, 0) is 36.1 Å². The molecule has 0 aromatic heterocycles. The van der Waals surface area contributed by atoms with Crippen LogP contribution in [0.2, 0.25) is 0 Å². The van der Waals surface area contributed by atoms with Crippen molar-refractivity contribution in [3.63, 3.8) is 0 Å². The van der Waals surface area contributed by atoms with Crippen LogP contribution in [0.25, 0.3) is 16.3 Å². The Bertz CT molecular complexity index is 937. The van der Waals surface area contributed by atoms with Gasteiger partial charge < -0.3 is 9.84 Å². The van der Waals surface area contributed by atoms with E-state index in [9.17, 15) is 5.11 Å². The molecule has 0 saturated heterocycles. The van der Waals surface area contributed by atoms with Gasteiger partial charge in [-0.3, -0.25) is 0 Å². The first-order chi connectivity index (χ1) is 11.2. The molecule has 0 atom stereocenters. The molecule has 3 aromatic carbocycles. The largest absolute Gasteiger partial charge is 0.507 e. The SMILES string of the molecule is CC1=COc2c(C)c(Cc3ccccc3)c(O)c3cccc1c23. The van der Waals surface area contributed by atoms with Crippen molar-refractivity contribution in [2.24, 2.45) is 0 Å². The van der Waals surface area contributed by atoms with Crippen molar-refractivity contribution in [1.82, 2.24) is 0 Å². The fourth-order valence-corrected chi connectivity index (χ4v) is 3.36. The molecule has 0 saturated carbocycles. The Labute approximate surface area is 135 Å². The van der Waals surface area contributed by atoms with Crippen LogP contribution in [0.15, 0.2) is 54.8 Å². The topological polar surface area (TPSA) is 29.5 Å². The molecule has 0 fully saturated rings. The number of phenolic OH excluding ortho intramolecular Hbond substituents is 1. The molecule has 114 valence electrons. The lowest BCUT2D eigenvalue weighted by atomic mass is 9.90. The number of rotatable bonds is 2. The van der Waals surface area contributed by atoms with Crippen molar-refractivity contribution in [3.05, 3.63) is 77.0 Å². The van der Waals surface area contributed by atoms with Crippen molar-refractivity contribution < 1.29 is 9.84 Å². The normalized spacial score (nSPS) is 12.9. The molecule has 1 heterocycles. The molecule has 23 heavy (non-hydrogen) atoms. The van der Waals surface area contributed by atoms with E-state index < -0.39 is 0 Å². The maximum absolute atomic E-state index is 10.9. The van der Waals surface area contributed by atoms with Gasteiger partial charge in [-0.2, -0.15) is 0 Å². The third-order valence-corrected chi connectivity index (χ3v) is 4.63. The third-order valence-electron chi connectivity index (χ3n) is 4.63. The van der Waals surface area contributed by atoms with E-state index in [0.717, 1.165) is 38.8 Å². The van der Waals surface area contributed by atoms with Crippen LogP contribution in [0.1, 0.15) is 29.2 Å². The van der Waals surface area contributed by atoms with Gasteiger partial charge in [0.15, 0.2) is 0 Å². The molecule has 0 unspecified atom stereocenters. The zero-order valence-corrected chi connectivity index (χ0v) is 13.3. The lowest BCUT2D eigenvalue weighted by molar-refractivity contribution is 0.463. The van der Waals surface area contributed by atoms with Crippen molar-refractivity contribution in [1.29, 1.82) is 0 Å². The molecule has 0 spiro atoms. The van der Waals surface area contributed by atoms with Gasteiger partial charge in [-0.25, -0.2) is 0 Å². The Morgan fingerprint density at radius 1 is 0.957 bits per heavy atom. The first-order valence-corrected chi connectivity index (χ1v) is 7.81. The molecule has 1 aliphatic heterocycles. The predicted molar refractivity (Wildman–Crippen MR) is 93.9 cm³/mol.